The van der Waals surface area contributed by atoms with Gasteiger partial charge >= 0.3 is 0 Å². The summed E-state index contributed by atoms with van der Waals surface area (Å²) in [6.45, 7) is 7.76. The Hall–Kier alpha value is -1.29. The molecule has 0 fully saturated rings. The van der Waals surface area contributed by atoms with E-state index in [1.54, 1.807) is 0 Å². The van der Waals surface area contributed by atoms with E-state index in [0.717, 1.165) is 28.9 Å². The van der Waals surface area contributed by atoms with E-state index >= 15 is 0 Å². The summed E-state index contributed by atoms with van der Waals surface area (Å²) in [6, 6.07) is 7.89. The zero-order valence-corrected chi connectivity index (χ0v) is 13.2. The van der Waals surface area contributed by atoms with E-state index in [9.17, 15) is 0 Å². The van der Waals surface area contributed by atoms with Crippen LogP contribution in [0.1, 0.15) is 23.9 Å². The Morgan fingerprint density at radius 1 is 1.32 bits per heavy atom. The maximum absolute atomic E-state index is 5.74. The first-order chi connectivity index (χ1) is 9.11. The molecule has 1 heterocycles. The monoisotopic (exact) mass is 322 g/mol. The predicted octanol–water partition coefficient (Wildman–Crippen LogP) is 3.90. The summed E-state index contributed by atoms with van der Waals surface area (Å²) in [4.78, 5) is 0. The molecule has 0 bridgehead atoms. The van der Waals surface area contributed by atoms with Crippen molar-refractivity contribution < 1.29 is 4.74 Å². The number of ether oxygens (including phenoxy) is 1. The van der Waals surface area contributed by atoms with Crippen molar-refractivity contribution >= 4 is 15.9 Å². The van der Waals surface area contributed by atoms with Gasteiger partial charge in [-0.15, -0.1) is 0 Å². The van der Waals surface area contributed by atoms with Gasteiger partial charge in [-0.05, 0) is 44.0 Å². The second-order valence-electron chi connectivity index (χ2n) is 4.53. The molecule has 1 aromatic carbocycles. The van der Waals surface area contributed by atoms with Crippen LogP contribution in [0, 0.1) is 13.8 Å². The van der Waals surface area contributed by atoms with Crippen molar-refractivity contribution in [2.75, 3.05) is 6.61 Å². The van der Waals surface area contributed by atoms with Gasteiger partial charge in [0.25, 0.3) is 0 Å². The van der Waals surface area contributed by atoms with Crippen LogP contribution in [0.2, 0.25) is 0 Å². The second-order valence-corrected chi connectivity index (χ2v) is 5.45. The van der Waals surface area contributed by atoms with Gasteiger partial charge in [0.1, 0.15) is 12.4 Å². The van der Waals surface area contributed by atoms with Gasteiger partial charge in [-0.3, -0.25) is 4.68 Å². The van der Waals surface area contributed by atoms with E-state index in [2.05, 4.69) is 41.8 Å². The van der Waals surface area contributed by atoms with Gasteiger partial charge in [0.05, 0.1) is 12.2 Å². The van der Waals surface area contributed by atoms with E-state index in [-0.39, 0.29) is 0 Å². The average Bonchev–Trinajstić information content (AvgIpc) is 2.64. The lowest BCUT2D eigenvalue weighted by molar-refractivity contribution is 0.289. The lowest BCUT2D eigenvalue weighted by Gasteiger charge is -2.08. The zero-order valence-electron chi connectivity index (χ0n) is 11.6. The van der Waals surface area contributed by atoms with Gasteiger partial charge in [-0.25, -0.2) is 0 Å². The molecule has 3 nitrogen and oxygen atoms in total. The Bertz CT molecular complexity index is 563. The Morgan fingerprint density at radius 3 is 2.74 bits per heavy atom. The van der Waals surface area contributed by atoms with Crippen LogP contribution < -0.4 is 4.74 Å². The van der Waals surface area contributed by atoms with E-state index in [4.69, 9.17) is 4.74 Å². The molecule has 0 N–H and O–H groups in total. The highest BCUT2D eigenvalue weighted by atomic mass is 79.9. The summed E-state index contributed by atoms with van der Waals surface area (Å²) in [5.41, 5.74) is 3.72. The minimum atomic E-state index is 0.627. The first-order valence-corrected chi connectivity index (χ1v) is 7.32. The molecule has 0 spiro atoms. The second kappa shape index (κ2) is 6.24. The Balaban J connectivity index is 1.96. The quantitative estimate of drug-likeness (QED) is 0.834. The van der Waals surface area contributed by atoms with Crippen LogP contribution in [0.25, 0.3) is 0 Å². The van der Waals surface area contributed by atoms with Crippen molar-refractivity contribution in [3.8, 4) is 5.75 Å². The lowest BCUT2D eigenvalue weighted by Crippen LogP contribution is -2.11. The summed E-state index contributed by atoms with van der Waals surface area (Å²) in [5, 5.41) is 4.56. The fourth-order valence-electron chi connectivity index (χ4n) is 2.27. The highest BCUT2D eigenvalue weighted by Crippen LogP contribution is 2.18. The Labute approximate surface area is 122 Å². The fourth-order valence-corrected chi connectivity index (χ4v) is 2.65. The first-order valence-electron chi connectivity index (χ1n) is 6.53. The van der Waals surface area contributed by atoms with Crippen molar-refractivity contribution in [2.45, 2.75) is 33.7 Å². The predicted molar refractivity (Wildman–Crippen MR) is 80.7 cm³/mol. The Morgan fingerprint density at radius 2 is 2.11 bits per heavy atom. The molecule has 0 saturated carbocycles. The van der Waals surface area contributed by atoms with E-state index < -0.39 is 0 Å². The fraction of sp³-hybridized carbons (Fsp3) is 0.400. The molecule has 102 valence electrons. The van der Waals surface area contributed by atoms with Crippen LogP contribution in [-0.2, 0) is 13.0 Å². The van der Waals surface area contributed by atoms with Crippen molar-refractivity contribution in [2.24, 2.45) is 0 Å². The minimum Gasteiger partial charge on any atom is -0.492 e. The molecule has 4 heteroatoms. The van der Waals surface area contributed by atoms with E-state index in [1.807, 2.05) is 28.9 Å². The zero-order chi connectivity index (χ0) is 13.8. The van der Waals surface area contributed by atoms with Crippen molar-refractivity contribution in [3.05, 3.63) is 45.7 Å². The molecule has 0 aliphatic rings. The summed E-state index contributed by atoms with van der Waals surface area (Å²) in [5.74, 6) is 0.881. The Kier molecular flexibility index (Phi) is 4.64. The van der Waals surface area contributed by atoms with Crippen molar-refractivity contribution in [1.29, 1.82) is 0 Å². The van der Waals surface area contributed by atoms with E-state index in [1.165, 1.54) is 11.3 Å². The molecule has 0 atom stereocenters. The third kappa shape index (κ3) is 3.38. The van der Waals surface area contributed by atoms with Gasteiger partial charge in [-0.2, -0.15) is 5.10 Å². The topological polar surface area (TPSA) is 27.1 Å². The van der Waals surface area contributed by atoms with Crippen LogP contribution in [-0.4, -0.2) is 16.4 Å². The summed E-state index contributed by atoms with van der Waals surface area (Å²) < 4.78 is 8.80. The SMILES string of the molecule is CCc1c(C)nn(CCOc2cccc(Br)c2)c1C. The van der Waals surface area contributed by atoms with Gasteiger partial charge < -0.3 is 4.74 Å². The number of hydrogen-bond acceptors (Lipinski definition) is 2. The van der Waals surface area contributed by atoms with Crippen molar-refractivity contribution in [3.63, 3.8) is 0 Å². The van der Waals surface area contributed by atoms with Crippen LogP contribution >= 0.6 is 15.9 Å². The molecule has 2 aromatic rings. The van der Waals surface area contributed by atoms with Gasteiger partial charge in [-0.1, -0.05) is 28.9 Å². The number of halogens is 1. The molecule has 0 unspecified atom stereocenters. The van der Waals surface area contributed by atoms with Crippen LogP contribution in [0.15, 0.2) is 28.7 Å². The number of rotatable bonds is 5. The number of aryl methyl sites for hydroxylation is 1. The summed E-state index contributed by atoms with van der Waals surface area (Å²) in [7, 11) is 0. The largest absolute Gasteiger partial charge is 0.492 e. The molecule has 2 rings (SSSR count). The molecule has 0 aliphatic carbocycles. The standard InChI is InChI=1S/C15H19BrN2O/c1-4-15-11(2)17-18(12(15)3)8-9-19-14-7-5-6-13(16)10-14/h5-7,10H,4,8-9H2,1-3H3. The molecular formula is C15H19BrN2O. The van der Waals surface area contributed by atoms with Crippen LogP contribution in [0.4, 0.5) is 0 Å². The number of hydrogen-bond donors (Lipinski definition) is 0. The van der Waals surface area contributed by atoms with Crippen LogP contribution in [0.5, 0.6) is 5.75 Å². The number of aromatic nitrogens is 2. The summed E-state index contributed by atoms with van der Waals surface area (Å²) in [6.07, 6.45) is 1.03. The highest BCUT2D eigenvalue weighted by Gasteiger charge is 2.09. The number of benzene rings is 1. The van der Waals surface area contributed by atoms with Gasteiger partial charge in [0.15, 0.2) is 0 Å². The summed E-state index contributed by atoms with van der Waals surface area (Å²) >= 11 is 3.44. The maximum atomic E-state index is 5.74. The molecule has 1 aromatic heterocycles. The van der Waals surface area contributed by atoms with Gasteiger partial charge in [0.2, 0.25) is 0 Å². The third-order valence-electron chi connectivity index (χ3n) is 3.25. The molecule has 0 amide bonds. The van der Waals surface area contributed by atoms with Crippen molar-refractivity contribution in [1.82, 2.24) is 9.78 Å². The van der Waals surface area contributed by atoms with Crippen LogP contribution in [0.3, 0.4) is 0 Å². The van der Waals surface area contributed by atoms with Gasteiger partial charge in [0, 0.05) is 10.2 Å². The molecule has 19 heavy (non-hydrogen) atoms. The smallest absolute Gasteiger partial charge is 0.120 e. The minimum absolute atomic E-state index is 0.627. The number of nitrogens with zero attached hydrogens (tertiary/aromatic N) is 2. The molecule has 0 aliphatic heterocycles. The molecular weight excluding hydrogens is 304 g/mol. The maximum Gasteiger partial charge on any atom is 0.120 e. The average molecular weight is 323 g/mol. The molecule has 0 radical (unpaired) electrons. The van der Waals surface area contributed by atoms with E-state index in [0.29, 0.717) is 6.61 Å². The third-order valence-corrected chi connectivity index (χ3v) is 3.75. The first kappa shape index (κ1) is 14.1. The molecule has 0 saturated heterocycles. The normalized spacial score (nSPS) is 10.7. The lowest BCUT2D eigenvalue weighted by atomic mass is 10.1. The highest BCUT2D eigenvalue weighted by molar-refractivity contribution is 9.10.